The quantitative estimate of drug-likeness (QED) is 0.478. The van der Waals surface area contributed by atoms with Crippen LogP contribution in [0, 0.1) is 16.0 Å². The molecule has 27 heavy (non-hydrogen) atoms. The van der Waals surface area contributed by atoms with Crippen LogP contribution in [0.15, 0.2) is 60.9 Å². The minimum atomic E-state index is -0.275. The van der Waals surface area contributed by atoms with E-state index < -0.39 is 0 Å². The monoisotopic (exact) mass is 363 g/mol. The number of nitro groups is 1. The maximum Gasteiger partial charge on any atom is 0.272 e. The Bertz CT molecular complexity index is 893. The molecule has 0 atom stereocenters. The highest BCUT2D eigenvalue weighted by Gasteiger charge is 2.20. The van der Waals surface area contributed by atoms with Crippen LogP contribution in [-0.2, 0) is 13.0 Å². The number of para-hydroxylation sites is 1. The van der Waals surface area contributed by atoms with Crippen molar-refractivity contribution in [2.24, 2.45) is 5.92 Å². The number of hydrogen-bond donors (Lipinski definition) is 0. The van der Waals surface area contributed by atoms with Crippen LogP contribution in [-0.4, -0.2) is 34.0 Å². The summed E-state index contributed by atoms with van der Waals surface area (Å²) in [6.45, 7) is 4.12. The van der Waals surface area contributed by atoms with Gasteiger partial charge in [0, 0.05) is 37.1 Å². The minimum absolute atomic E-state index is 0.243. The first-order chi connectivity index (χ1) is 13.2. The SMILES string of the molecule is O=[N+]([O-])c1ccccc1CCN1CCC(Cn2cc3ccccc3c2)CC1. The Kier molecular flexibility index (Phi) is 5.21. The molecule has 5 nitrogen and oxygen atoms in total. The van der Waals surface area contributed by atoms with E-state index in [9.17, 15) is 10.1 Å². The number of nitro benzene ring substituents is 1. The van der Waals surface area contributed by atoms with Crippen LogP contribution >= 0.6 is 0 Å². The van der Waals surface area contributed by atoms with Crippen molar-refractivity contribution < 1.29 is 4.92 Å². The molecule has 0 amide bonds. The summed E-state index contributed by atoms with van der Waals surface area (Å²) >= 11 is 0. The lowest BCUT2D eigenvalue weighted by Gasteiger charge is -2.32. The number of rotatable bonds is 6. The first-order valence-corrected chi connectivity index (χ1v) is 9.68. The van der Waals surface area contributed by atoms with Crippen molar-refractivity contribution >= 4 is 16.5 Å². The number of hydrogen-bond acceptors (Lipinski definition) is 3. The van der Waals surface area contributed by atoms with Crippen molar-refractivity contribution in [1.82, 2.24) is 9.47 Å². The molecule has 5 heteroatoms. The van der Waals surface area contributed by atoms with Gasteiger partial charge in [0.05, 0.1) is 4.92 Å². The van der Waals surface area contributed by atoms with Gasteiger partial charge in [-0.05, 0) is 49.0 Å². The van der Waals surface area contributed by atoms with Crippen molar-refractivity contribution in [3.05, 3.63) is 76.6 Å². The van der Waals surface area contributed by atoms with Gasteiger partial charge >= 0.3 is 0 Å². The van der Waals surface area contributed by atoms with Crippen LogP contribution in [0.3, 0.4) is 0 Å². The molecule has 1 aromatic heterocycles. The molecule has 0 unspecified atom stereocenters. The maximum absolute atomic E-state index is 11.1. The highest BCUT2D eigenvalue weighted by atomic mass is 16.6. The van der Waals surface area contributed by atoms with Crippen molar-refractivity contribution in [2.75, 3.05) is 19.6 Å². The van der Waals surface area contributed by atoms with E-state index in [0.29, 0.717) is 5.92 Å². The molecule has 1 saturated heterocycles. The van der Waals surface area contributed by atoms with Gasteiger partial charge in [-0.3, -0.25) is 10.1 Å². The molecule has 4 rings (SSSR count). The summed E-state index contributed by atoms with van der Waals surface area (Å²) in [7, 11) is 0. The third kappa shape index (κ3) is 4.19. The smallest absolute Gasteiger partial charge is 0.272 e. The van der Waals surface area contributed by atoms with Gasteiger partial charge in [-0.25, -0.2) is 0 Å². The van der Waals surface area contributed by atoms with Crippen molar-refractivity contribution in [3.8, 4) is 0 Å². The molecule has 2 heterocycles. The Hall–Kier alpha value is -2.66. The average Bonchev–Trinajstić information content (AvgIpc) is 3.10. The second kappa shape index (κ2) is 7.92. The fourth-order valence-corrected chi connectivity index (χ4v) is 4.12. The van der Waals surface area contributed by atoms with E-state index in [1.165, 1.54) is 23.6 Å². The third-order valence-electron chi connectivity index (χ3n) is 5.67. The molecule has 0 radical (unpaired) electrons. The highest BCUT2D eigenvalue weighted by molar-refractivity contribution is 5.82. The molecule has 3 aromatic rings. The zero-order valence-corrected chi connectivity index (χ0v) is 15.5. The zero-order valence-electron chi connectivity index (χ0n) is 15.5. The average molecular weight is 363 g/mol. The number of likely N-dealkylation sites (tertiary alicyclic amines) is 1. The number of piperidine rings is 1. The van der Waals surface area contributed by atoms with Crippen LogP contribution in [0.2, 0.25) is 0 Å². The molecule has 0 N–H and O–H groups in total. The van der Waals surface area contributed by atoms with E-state index in [1.54, 1.807) is 12.1 Å². The van der Waals surface area contributed by atoms with E-state index >= 15 is 0 Å². The summed E-state index contributed by atoms with van der Waals surface area (Å²) in [6, 6.07) is 15.6. The second-order valence-electron chi connectivity index (χ2n) is 7.50. The fourth-order valence-electron chi connectivity index (χ4n) is 4.12. The molecule has 140 valence electrons. The lowest BCUT2D eigenvalue weighted by molar-refractivity contribution is -0.385. The molecule has 0 saturated carbocycles. The summed E-state index contributed by atoms with van der Waals surface area (Å²) < 4.78 is 2.33. The van der Waals surface area contributed by atoms with Crippen molar-refractivity contribution in [1.29, 1.82) is 0 Å². The van der Waals surface area contributed by atoms with E-state index in [1.807, 2.05) is 12.1 Å². The van der Waals surface area contributed by atoms with Gasteiger partial charge in [0.15, 0.2) is 0 Å². The predicted molar refractivity (Wildman–Crippen MR) is 108 cm³/mol. The summed E-state index contributed by atoms with van der Waals surface area (Å²) in [4.78, 5) is 13.3. The summed E-state index contributed by atoms with van der Waals surface area (Å²) in [5.41, 5.74) is 1.08. The Balaban J connectivity index is 1.28. The first-order valence-electron chi connectivity index (χ1n) is 9.68. The normalized spacial score (nSPS) is 16.0. The van der Waals surface area contributed by atoms with Crippen LogP contribution in [0.4, 0.5) is 5.69 Å². The first kappa shape index (κ1) is 17.7. The van der Waals surface area contributed by atoms with E-state index in [0.717, 1.165) is 38.2 Å². The Labute approximate surface area is 159 Å². The van der Waals surface area contributed by atoms with Gasteiger partial charge in [-0.2, -0.15) is 0 Å². The molecule has 0 aliphatic carbocycles. The number of fused-ring (bicyclic) bond motifs is 1. The largest absolute Gasteiger partial charge is 0.353 e. The van der Waals surface area contributed by atoms with E-state index in [-0.39, 0.29) is 10.6 Å². The van der Waals surface area contributed by atoms with Crippen LogP contribution < -0.4 is 0 Å². The van der Waals surface area contributed by atoms with Gasteiger partial charge in [0.2, 0.25) is 0 Å². The maximum atomic E-state index is 11.1. The number of nitrogens with zero attached hydrogens (tertiary/aromatic N) is 3. The summed E-state index contributed by atoms with van der Waals surface area (Å²) in [5.74, 6) is 0.703. The zero-order chi connectivity index (χ0) is 18.6. The lowest BCUT2D eigenvalue weighted by atomic mass is 9.96. The van der Waals surface area contributed by atoms with Crippen molar-refractivity contribution in [2.45, 2.75) is 25.8 Å². The molecule has 2 aromatic carbocycles. The standard InChI is InChI=1S/C22H25N3O2/c26-25(27)22-8-4-3-5-19(22)11-14-23-12-9-18(10-13-23)15-24-16-20-6-1-2-7-21(20)17-24/h1-8,16-18H,9-15H2. The topological polar surface area (TPSA) is 51.3 Å². The highest BCUT2D eigenvalue weighted by Crippen LogP contribution is 2.23. The minimum Gasteiger partial charge on any atom is -0.353 e. The van der Waals surface area contributed by atoms with Crippen LogP contribution in [0.1, 0.15) is 18.4 Å². The van der Waals surface area contributed by atoms with Gasteiger partial charge in [0.25, 0.3) is 5.69 Å². The fraction of sp³-hybridized carbons (Fsp3) is 0.364. The van der Waals surface area contributed by atoms with E-state index in [4.69, 9.17) is 0 Å². The Morgan fingerprint density at radius 2 is 1.59 bits per heavy atom. The molecular weight excluding hydrogens is 338 g/mol. The number of benzene rings is 2. The third-order valence-corrected chi connectivity index (χ3v) is 5.67. The molecule has 1 fully saturated rings. The lowest BCUT2D eigenvalue weighted by Crippen LogP contribution is -2.36. The Morgan fingerprint density at radius 3 is 2.26 bits per heavy atom. The summed E-state index contributed by atoms with van der Waals surface area (Å²) in [5, 5.41) is 13.8. The predicted octanol–water partition coefficient (Wildman–Crippen LogP) is 4.50. The second-order valence-corrected chi connectivity index (χ2v) is 7.50. The van der Waals surface area contributed by atoms with Gasteiger partial charge in [-0.15, -0.1) is 0 Å². The molecule has 0 bridgehead atoms. The van der Waals surface area contributed by atoms with Crippen molar-refractivity contribution in [3.63, 3.8) is 0 Å². The molecular formula is C22H25N3O2. The molecule has 1 aliphatic heterocycles. The molecule has 0 spiro atoms. The van der Waals surface area contributed by atoms with Crippen LogP contribution in [0.25, 0.3) is 10.8 Å². The van der Waals surface area contributed by atoms with Crippen LogP contribution in [0.5, 0.6) is 0 Å². The number of aromatic nitrogens is 1. The molecule has 1 aliphatic rings. The van der Waals surface area contributed by atoms with E-state index in [2.05, 4.69) is 46.1 Å². The van der Waals surface area contributed by atoms with Gasteiger partial charge < -0.3 is 9.47 Å². The Morgan fingerprint density at radius 1 is 0.963 bits per heavy atom. The van der Waals surface area contributed by atoms with Gasteiger partial charge in [-0.1, -0.05) is 42.5 Å². The summed E-state index contributed by atoms with van der Waals surface area (Å²) in [6.07, 6.45) is 7.61. The van der Waals surface area contributed by atoms with Gasteiger partial charge in [0.1, 0.15) is 0 Å².